The molecule has 0 radical (unpaired) electrons. The van der Waals surface area contributed by atoms with Crippen molar-refractivity contribution in [3.63, 3.8) is 0 Å². The molecule has 0 fully saturated rings. The van der Waals surface area contributed by atoms with E-state index in [9.17, 15) is 4.79 Å². The van der Waals surface area contributed by atoms with Gasteiger partial charge in [-0.3, -0.25) is 4.79 Å². The minimum absolute atomic E-state index is 0.107. The molecule has 1 aromatic heterocycles. The highest BCUT2D eigenvalue weighted by Crippen LogP contribution is 1.95. The Labute approximate surface area is 122 Å². The molecular formula is C15H28N4O. The zero-order valence-electron chi connectivity index (χ0n) is 12.8. The van der Waals surface area contributed by atoms with Crippen LogP contribution in [0.1, 0.15) is 46.0 Å². The Morgan fingerprint density at radius 1 is 1.25 bits per heavy atom. The second kappa shape index (κ2) is 10.4. The largest absolute Gasteiger partial charge is 0.355 e. The van der Waals surface area contributed by atoms with Crippen LogP contribution < -0.4 is 10.6 Å². The van der Waals surface area contributed by atoms with E-state index >= 15 is 0 Å². The molecule has 20 heavy (non-hydrogen) atoms. The first kappa shape index (κ1) is 16.7. The van der Waals surface area contributed by atoms with Crippen molar-refractivity contribution in [2.75, 3.05) is 13.1 Å². The summed E-state index contributed by atoms with van der Waals surface area (Å²) in [6.07, 6.45) is 11.2. The van der Waals surface area contributed by atoms with Crippen molar-refractivity contribution in [1.82, 2.24) is 20.2 Å². The van der Waals surface area contributed by atoms with E-state index in [1.807, 2.05) is 19.4 Å². The van der Waals surface area contributed by atoms with Crippen LogP contribution in [-0.2, 0) is 11.3 Å². The Balaban J connectivity index is 1.98. The van der Waals surface area contributed by atoms with Gasteiger partial charge in [0.05, 0.1) is 12.4 Å². The van der Waals surface area contributed by atoms with Gasteiger partial charge in [-0.25, -0.2) is 4.98 Å². The lowest BCUT2D eigenvalue weighted by atomic mass is 10.2. The van der Waals surface area contributed by atoms with E-state index in [2.05, 4.69) is 27.1 Å². The van der Waals surface area contributed by atoms with Crippen LogP contribution in [0.4, 0.5) is 0 Å². The van der Waals surface area contributed by atoms with E-state index in [-0.39, 0.29) is 11.9 Å². The summed E-state index contributed by atoms with van der Waals surface area (Å²) in [7, 11) is 0. The van der Waals surface area contributed by atoms with Gasteiger partial charge in [-0.15, -0.1) is 0 Å². The van der Waals surface area contributed by atoms with Gasteiger partial charge in [0, 0.05) is 25.5 Å². The van der Waals surface area contributed by atoms with Gasteiger partial charge in [-0.2, -0.15) is 0 Å². The van der Waals surface area contributed by atoms with Crippen molar-refractivity contribution in [2.45, 2.75) is 58.5 Å². The number of hydrogen-bond acceptors (Lipinski definition) is 3. The summed E-state index contributed by atoms with van der Waals surface area (Å²) < 4.78 is 2.07. The van der Waals surface area contributed by atoms with Crippen molar-refractivity contribution < 1.29 is 4.79 Å². The molecule has 2 N–H and O–H groups in total. The number of nitrogens with one attached hydrogen (secondary N) is 2. The second-order valence-electron chi connectivity index (χ2n) is 5.18. The third-order valence-corrected chi connectivity index (χ3v) is 3.33. The number of rotatable bonds is 11. The summed E-state index contributed by atoms with van der Waals surface area (Å²) in [4.78, 5) is 15.8. The molecular weight excluding hydrogens is 252 g/mol. The van der Waals surface area contributed by atoms with Gasteiger partial charge >= 0.3 is 0 Å². The molecule has 1 atom stereocenters. The number of aromatic nitrogens is 2. The standard InChI is InChI=1S/C15H28N4O/c1-3-4-5-9-18-15(20)14(2)17-8-6-7-11-19-12-10-16-13-19/h10,12-14,17H,3-9,11H2,1-2H3,(H,18,20). The van der Waals surface area contributed by atoms with E-state index in [4.69, 9.17) is 0 Å². The fourth-order valence-corrected chi connectivity index (χ4v) is 1.99. The van der Waals surface area contributed by atoms with Crippen molar-refractivity contribution >= 4 is 5.91 Å². The molecule has 0 aliphatic heterocycles. The highest BCUT2D eigenvalue weighted by atomic mass is 16.2. The van der Waals surface area contributed by atoms with E-state index in [1.165, 1.54) is 12.8 Å². The molecule has 0 spiro atoms. The SMILES string of the molecule is CCCCCNC(=O)C(C)NCCCCn1ccnc1. The molecule has 1 aromatic rings. The lowest BCUT2D eigenvalue weighted by molar-refractivity contribution is -0.122. The lowest BCUT2D eigenvalue weighted by Gasteiger charge is -2.14. The van der Waals surface area contributed by atoms with Crippen LogP contribution in [0.25, 0.3) is 0 Å². The first-order chi connectivity index (χ1) is 9.74. The number of unbranched alkanes of at least 4 members (excludes halogenated alkanes) is 3. The predicted octanol–water partition coefficient (Wildman–Crippen LogP) is 1.95. The van der Waals surface area contributed by atoms with E-state index in [1.54, 1.807) is 6.20 Å². The smallest absolute Gasteiger partial charge is 0.236 e. The monoisotopic (exact) mass is 280 g/mol. The molecule has 0 saturated carbocycles. The number of nitrogens with zero attached hydrogens (tertiary/aromatic N) is 2. The molecule has 1 rings (SSSR count). The van der Waals surface area contributed by atoms with Crippen LogP contribution in [0, 0.1) is 0 Å². The number of imidazole rings is 1. The fourth-order valence-electron chi connectivity index (χ4n) is 1.99. The Hall–Kier alpha value is -1.36. The first-order valence-corrected chi connectivity index (χ1v) is 7.71. The zero-order chi connectivity index (χ0) is 14.6. The third kappa shape index (κ3) is 7.28. The average molecular weight is 280 g/mol. The average Bonchev–Trinajstić information content (AvgIpc) is 2.96. The maximum Gasteiger partial charge on any atom is 0.236 e. The van der Waals surface area contributed by atoms with Gasteiger partial charge in [0.2, 0.25) is 5.91 Å². The summed E-state index contributed by atoms with van der Waals surface area (Å²) in [5, 5.41) is 6.23. The molecule has 5 heteroatoms. The Kier molecular flexibility index (Phi) is 8.71. The van der Waals surface area contributed by atoms with Gasteiger partial charge in [0.25, 0.3) is 0 Å². The van der Waals surface area contributed by atoms with Gasteiger partial charge in [-0.05, 0) is 32.7 Å². The Morgan fingerprint density at radius 2 is 2.05 bits per heavy atom. The van der Waals surface area contributed by atoms with Crippen molar-refractivity contribution in [3.8, 4) is 0 Å². The molecule has 0 aromatic carbocycles. The van der Waals surface area contributed by atoms with Crippen LogP contribution in [0.15, 0.2) is 18.7 Å². The van der Waals surface area contributed by atoms with Crippen LogP contribution in [-0.4, -0.2) is 34.6 Å². The molecule has 1 heterocycles. The molecule has 1 unspecified atom stereocenters. The van der Waals surface area contributed by atoms with Crippen LogP contribution in [0.5, 0.6) is 0 Å². The Morgan fingerprint density at radius 3 is 2.75 bits per heavy atom. The highest BCUT2D eigenvalue weighted by Gasteiger charge is 2.10. The van der Waals surface area contributed by atoms with Crippen LogP contribution in [0.3, 0.4) is 0 Å². The highest BCUT2D eigenvalue weighted by molar-refractivity contribution is 5.81. The molecule has 5 nitrogen and oxygen atoms in total. The van der Waals surface area contributed by atoms with Crippen molar-refractivity contribution in [3.05, 3.63) is 18.7 Å². The summed E-state index contributed by atoms with van der Waals surface area (Å²) in [5.41, 5.74) is 0. The summed E-state index contributed by atoms with van der Waals surface area (Å²) in [5.74, 6) is 0.107. The molecule has 0 aliphatic carbocycles. The lowest BCUT2D eigenvalue weighted by Crippen LogP contribution is -2.42. The number of carbonyl (C=O) groups excluding carboxylic acids is 1. The normalized spacial score (nSPS) is 12.3. The van der Waals surface area contributed by atoms with Gasteiger partial charge in [0.15, 0.2) is 0 Å². The Bertz CT molecular complexity index is 351. The number of hydrogen-bond donors (Lipinski definition) is 2. The van der Waals surface area contributed by atoms with E-state index in [0.717, 1.165) is 38.9 Å². The minimum atomic E-state index is -0.107. The van der Waals surface area contributed by atoms with Gasteiger partial charge in [0.1, 0.15) is 0 Å². The number of aryl methyl sites for hydroxylation is 1. The molecule has 0 saturated heterocycles. The van der Waals surface area contributed by atoms with E-state index in [0.29, 0.717) is 0 Å². The molecule has 1 amide bonds. The maximum absolute atomic E-state index is 11.8. The number of amides is 1. The summed E-state index contributed by atoms with van der Waals surface area (Å²) >= 11 is 0. The van der Waals surface area contributed by atoms with Crippen LogP contribution >= 0.6 is 0 Å². The zero-order valence-corrected chi connectivity index (χ0v) is 12.8. The third-order valence-electron chi connectivity index (χ3n) is 3.33. The summed E-state index contributed by atoms with van der Waals surface area (Å²) in [6.45, 7) is 6.73. The quantitative estimate of drug-likeness (QED) is 0.609. The predicted molar refractivity (Wildman–Crippen MR) is 81.5 cm³/mol. The molecule has 0 bridgehead atoms. The molecule has 0 aliphatic rings. The van der Waals surface area contributed by atoms with E-state index < -0.39 is 0 Å². The van der Waals surface area contributed by atoms with Gasteiger partial charge < -0.3 is 15.2 Å². The van der Waals surface area contributed by atoms with Crippen LogP contribution in [0.2, 0.25) is 0 Å². The summed E-state index contributed by atoms with van der Waals surface area (Å²) in [6, 6.07) is -0.107. The topological polar surface area (TPSA) is 59.0 Å². The van der Waals surface area contributed by atoms with Crippen molar-refractivity contribution in [1.29, 1.82) is 0 Å². The first-order valence-electron chi connectivity index (χ1n) is 7.71. The maximum atomic E-state index is 11.8. The molecule has 114 valence electrons. The number of carbonyl (C=O) groups is 1. The fraction of sp³-hybridized carbons (Fsp3) is 0.733. The van der Waals surface area contributed by atoms with Crippen molar-refractivity contribution in [2.24, 2.45) is 0 Å². The minimum Gasteiger partial charge on any atom is -0.355 e. The second-order valence-corrected chi connectivity index (χ2v) is 5.18. The van der Waals surface area contributed by atoms with Gasteiger partial charge in [-0.1, -0.05) is 19.8 Å².